The first kappa shape index (κ1) is 12.1. The molecule has 2 N–H and O–H groups in total. The van der Waals surface area contributed by atoms with Gasteiger partial charge in [0, 0.05) is 5.02 Å². The second kappa shape index (κ2) is 4.28. The second-order valence-electron chi connectivity index (χ2n) is 4.73. The van der Waals surface area contributed by atoms with Crippen molar-refractivity contribution in [3.05, 3.63) is 52.5 Å². The van der Waals surface area contributed by atoms with E-state index >= 15 is 0 Å². The third-order valence-corrected chi connectivity index (χ3v) is 3.66. The molecule has 0 unspecified atom stereocenters. The number of aromatic nitrogens is 2. The van der Waals surface area contributed by atoms with Gasteiger partial charge >= 0.3 is 0 Å². The predicted molar refractivity (Wildman–Crippen MR) is 80.0 cm³/mol. The first-order valence-corrected chi connectivity index (χ1v) is 6.45. The Hall–Kier alpha value is -2.00. The summed E-state index contributed by atoms with van der Waals surface area (Å²) in [6.07, 6.45) is 0. The molecule has 0 aliphatic heterocycles. The molecule has 0 radical (unpaired) electrons. The maximum Gasteiger partial charge on any atom is 0.205 e. The fourth-order valence-electron chi connectivity index (χ4n) is 2.20. The third kappa shape index (κ3) is 1.96. The van der Waals surface area contributed by atoms with Gasteiger partial charge in [-0.05, 0) is 49.2 Å². The van der Waals surface area contributed by atoms with Gasteiger partial charge in [-0.1, -0.05) is 23.7 Å². The molecule has 0 atom stereocenters. The zero-order valence-corrected chi connectivity index (χ0v) is 11.6. The van der Waals surface area contributed by atoms with E-state index < -0.39 is 0 Å². The predicted octanol–water partition coefficient (Wildman–Crippen LogP) is 3.88. The Balaban J connectivity index is 2.29. The van der Waals surface area contributed by atoms with Crippen molar-refractivity contribution in [2.75, 3.05) is 5.73 Å². The molecule has 1 aromatic heterocycles. The summed E-state index contributed by atoms with van der Waals surface area (Å²) in [7, 11) is 0. The lowest BCUT2D eigenvalue weighted by molar-refractivity contribution is 1.11. The molecule has 0 aliphatic rings. The van der Waals surface area contributed by atoms with E-state index in [2.05, 4.69) is 11.1 Å². The number of nitrogens with zero attached hydrogens (tertiary/aromatic N) is 2. The lowest BCUT2D eigenvalue weighted by Crippen LogP contribution is -2.00. The number of hydrogen-bond donors (Lipinski definition) is 1. The smallest absolute Gasteiger partial charge is 0.205 e. The van der Waals surface area contributed by atoms with Gasteiger partial charge < -0.3 is 5.73 Å². The molecule has 96 valence electrons. The van der Waals surface area contributed by atoms with E-state index in [1.54, 1.807) is 0 Å². The first-order valence-electron chi connectivity index (χ1n) is 6.07. The van der Waals surface area contributed by atoms with Crippen LogP contribution in [0.15, 0.2) is 36.4 Å². The van der Waals surface area contributed by atoms with Crippen LogP contribution in [-0.4, -0.2) is 9.55 Å². The van der Waals surface area contributed by atoms with Gasteiger partial charge in [0.05, 0.1) is 16.7 Å². The Kier molecular flexibility index (Phi) is 2.72. The molecule has 0 amide bonds. The number of nitrogens with two attached hydrogens (primary N) is 1. The fraction of sp³-hybridized carbons (Fsp3) is 0.133. The van der Waals surface area contributed by atoms with E-state index in [0.29, 0.717) is 5.95 Å². The number of benzene rings is 2. The van der Waals surface area contributed by atoms with E-state index in [0.717, 1.165) is 27.3 Å². The Morgan fingerprint density at radius 2 is 1.89 bits per heavy atom. The second-order valence-corrected chi connectivity index (χ2v) is 5.14. The molecule has 4 heteroatoms. The van der Waals surface area contributed by atoms with Gasteiger partial charge in [0.1, 0.15) is 0 Å². The molecule has 0 aliphatic carbocycles. The van der Waals surface area contributed by atoms with Crippen LogP contribution in [0.5, 0.6) is 0 Å². The van der Waals surface area contributed by atoms with Crippen molar-refractivity contribution in [1.82, 2.24) is 9.55 Å². The van der Waals surface area contributed by atoms with Gasteiger partial charge in [-0.2, -0.15) is 0 Å². The number of rotatable bonds is 1. The van der Waals surface area contributed by atoms with Crippen LogP contribution in [-0.2, 0) is 0 Å². The maximum atomic E-state index is 6.18. The highest BCUT2D eigenvalue weighted by atomic mass is 35.5. The normalized spacial score (nSPS) is 11.1. The molecular weight excluding hydrogens is 258 g/mol. The fourth-order valence-corrected chi connectivity index (χ4v) is 2.38. The quantitative estimate of drug-likeness (QED) is 0.730. The number of halogens is 1. The van der Waals surface area contributed by atoms with Gasteiger partial charge in [0.15, 0.2) is 0 Å². The van der Waals surface area contributed by atoms with E-state index in [4.69, 9.17) is 17.3 Å². The maximum absolute atomic E-state index is 6.18. The minimum atomic E-state index is 0.473. The molecule has 19 heavy (non-hydrogen) atoms. The van der Waals surface area contributed by atoms with E-state index in [9.17, 15) is 0 Å². The average molecular weight is 272 g/mol. The lowest BCUT2D eigenvalue weighted by atomic mass is 10.2. The van der Waals surface area contributed by atoms with Crippen LogP contribution >= 0.6 is 11.6 Å². The zero-order valence-electron chi connectivity index (χ0n) is 10.8. The summed E-state index contributed by atoms with van der Waals surface area (Å²) in [6.45, 7) is 4.02. The number of hydrogen-bond acceptors (Lipinski definition) is 2. The summed E-state index contributed by atoms with van der Waals surface area (Å²) in [6, 6.07) is 12.0. The number of anilines is 1. The lowest BCUT2D eigenvalue weighted by Gasteiger charge is -2.08. The summed E-state index contributed by atoms with van der Waals surface area (Å²) < 4.78 is 1.92. The van der Waals surface area contributed by atoms with Crippen LogP contribution in [0.4, 0.5) is 5.95 Å². The van der Waals surface area contributed by atoms with Crippen molar-refractivity contribution >= 4 is 28.6 Å². The molecule has 0 fully saturated rings. The van der Waals surface area contributed by atoms with Crippen LogP contribution in [0.2, 0.25) is 5.02 Å². The summed E-state index contributed by atoms with van der Waals surface area (Å²) in [5.41, 5.74) is 11.1. The van der Waals surface area contributed by atoms with Crippen LogP contribution in [0.25, 0.3) is 16.7 Å². The molecular formula is C15H14ClN3. The SMILES string of the molecule is Cc1ccc2c(c1)nc(N)n2-c1ccc(C)c(Cl)c1. The van der Waals surface area contributed by atoms with Gasteiger partial charge in [-0.3, -0.25) is 4.57 Å². The number of aryl methyl sites for hydroxylation is 2. The molecule has 3 nitrogen and oxygen atoms in total. The Labute approximate surface area is 116 Å². The van der Waals surface area contributed by atoms with Gasteiger partial charge in [0.2, 0.25) is 5.95 Å². The van der Waals surface area contributed by atoms with Crippen molar-refractivity contribution < 1.29 is 0 Å². The topological polar surface area (TPSA) is 43.8 Å². The molecule has 3 aromatic rings. The molecule has 0 saturated heterocycles. The van der Waals surface area contributed by atoms with Crippen LogP contribution < -0.4 is 5.73 Å². The summed E-state index contributed by atoms with van der Waals surface area (Å²) in [5, 5.41) is 0.728. The standard InChI is InChI=1S/C15H14ClN3/c1-9-3-6-14-13(7-9)18-15(17)19(14)11-5-4-10(2)12(16)8-11/h3-8H,1-2H3,(H2,17,18). The van der Waals surface area contributed by atoms with Gasteiger partial charge in [-0.15, -0.1) is 0 Å². The first-order chi connectivity index (χ1) is 9.06. The van der Waals surface area contributed by atoms with Crippen molar-refractivity contribution in [2.45, 2.75) is 13.8 Å². The monoisotopic (exact) mass is 271 g/mol. The molecule has 3 rings (SSSR count). The molecule has 1 heterocycles. The highest BCUT2D eigenvalue weighted by Crippen LogP contribution is 2.26. The van der Waals surface area contributed by atoms with Crippen molar-refractivity contribution in [1.29, 1.82) is 0 Å². The van der Waals surface area contributed by atoms with Crippen LogP contribution in [0.1, 0.15) is 11.1 Å². The zero-order chi connectivity index (χ0) is 13.6. The van der Waals surface area contributed by atoms with Crippen LogP contribution in [0.3, 0.4) is 0 Å². The average Bonchev–Trinajstić information content (AvgIpc) is 2.68. The summed E-state index contributed by atoms with van der Waals surface area (Å²) in [5.74, 6) is 0.473. The minimum absolute atomic E-state index is 0.473. The minimum Gasteiger partial charge on any atom is -0.369 e. The third-order valence-electron chi connectivity index (χ3n) is 3.25. The Bertz CT molecular complexity index is 774. The van der Waals surface area contributed by atoms with Crippen molar-refractivity contribution in [3.8, 4) is 5.69 Å². The largest absolute Gasteiger partial charge is 0.369 e. The van der Waals surface area contributed by atoms with E-state index in [1.165, 1.54) is 5.56 Å². The van der Waals surface area contributed by atoms with Crippen molar-refractivity contribution in [3.63, 3.8) is 0 Å². The Morgan fingerprint density at radius 3 is 2.63 bits per heavy atom. The van der Waals surface area contributed by atoms with E-state index in [1.807, 2.05) is 48.7 Å². The summed E-state index contributed by atoms with van der Waals surface area (Å²) >= 11 is 6.18. The van der Waals surface area contributed by atoms with Crippen molar-refractivity contribution in [2.24, 2.45) is 0 Å². The van der Waals surface area contributed by atoms with Gasteiger partial charge in [0.25, 0.3) is 0 Å². The van der Waals surface area contributed by atoms with E-state index in [-0.39, 0.29) is 0 Å². The molecule has 2 aromatic carbocycles. The summed E-state index contributed by atoms with van der Waals surface area (Å²) in [4.78, 5) is 4.40. The molecule has 0 bridgehead atoms. The number of imidazole rings is 1. The van der Waals surface area contributed by atoms with Crippen LogP contribution in [0, 0.1) is 13.8 Å². The molecule has 0 spiro atoms. The van der Waals surface area contributed by atoms with Gasteiger partial charge in [-0.25, -0.2) is 4.98 Å². The number of fused-ring (bicyclic) bond motifs is 1. The highest BCUT2D eigenvalue weighted by Gasteiger charge is 2.10. The highest BCUT2D eigenvalue weighted by molar-refractivity contribution is 6.31. The molecule has 0 saturated carbocycles. The Morgan fingerprint density at radius 1 is 1.11 bits per heavy atom. The number of nitrogen functional groups attached to an aromatic ring is 1.